The van der Waals surface area contributed by atoms with Gasteiger partial charge in [-0.1, -0.05) is 24.3 Å². The van der Waals surface area contributed by atoms with E-state index in [1.54, 1.807) is 18.4 Å². The van der Waals surface area contributed by atoms with Crippen LogP contribution < -0.4 is 15.4 Å². The standard InChI is InChI=1S/C24H23N3O2S/c1-16(23(28)25-15-17-7-13-20(29-2)14-8-17)26-19-11-9-18(10-12-19)24-27-21-5-3-4-6-22(21)30-24/h3-14,16,26H,15H2,1-2H3,(H,25,28)/t16-/m0/s1. The molecule has 0 fully saturated rings. The number of carbonyl (C=O) groups is 1. The highest BCUT2D eigenvalue weighted by molar-refractivity contribution is 7.21. The number of hydrogen-bond donors (Lipinski definition) is 2. The van der Waals surface area contributed by atoms with Crippen LogP contribution in [0, 0.1) is 0 Å². The molecule has 30 heavy (non-hydrogen) atoms. The van der Waals surface area contributed by atoms with E-state index in [1.807, 2.05) is 73.7 Å². The number of hydrogen-bond acceptors (Lipinski definition) is 5. The van der Waals surface area contributed by atoms with E-state index >= 15 is 0 Å². The number of anilines is 1. The van der Waals surface area contributed by atoms with Crippen molar-refractivity contribution in [2.75, 3.05) is 12.4 Å². The molecule has 3 aromatic carbocycles. The topological polar surface area (TPSA) is 63.2 Å². The highest BCUT2D eigenvalue weighted by atomic mass is 32.1. The summed E-state index contributed by atoms with van der Waals surface area (Å²) in [7, 11) is 1.63. The van der Waals surface area contributed by atoms with Crippen molar-refractivity contribution in [3.8, 4) is 16.3 Å². The minimum atomic E-state index is -0.350. The molecular formula is C24H23N3O2S. The van der Waals surface area contributed by atoms with Crippen molar-refractivity contribution in [2.24, 2.45) is 0 Å². The SMILES string of the molecule is COc1ccc(CNC(=O)[C@H](C)Nc2ccc(-c3nc4ccccc4s3)cc2)cc1. The molecule has 0 unspecified atom stereocenters. The highest BCUT2D eigenvalue weighted by Gasteiger charge is 2.13. The average molecular weight is 418 g/mol. The molecule has 0 aliphatic heterocycles. The Kier molecular flexibility index (Phi) is 5.95. The number of aromatic nitrogens is 1. The molecule has 0 saturated heterocycles. The van der Waals surface area contributed by atoms with Crippen LogP contribution in [0.5, 0.6) is 5.75 Å². The zero-order chi connectivity index (χ0) is 20.9. The summed E-state index contributed by atoms with van der Waals surface area (Å²) in [5, 5.41) is 7.20. The van der Waals surface area contributed by atoms with Crippen molar-refractivity contribution < 1.29 is 9.53 Å². The van der Waals surface area contributed by atoms with Crippen LogP contribution in [0.2, 0.25) is 0 Å². The quantitative estimate of drug-likeness (QED) is 0.440. The van der Waals surface area contributed by atoms with Crippen molar-refractivity contribution in [1.29, 1.82) is 0 Å². The van der Waals surface area contributed by atoms with Crippen LogP contribution >= 0.6 is 11.3 Å². The summed E-state index contributed by atoms with van der Waals surface area (Å²) in [5.74, 6) is 0.746. The molecule has 4 rings (SSSR count). The number of amides is 1. The van der Waals surface area contributed by atoms with Gasteiger partial charge in [-0.05, 0) is 61.0 Å². The first kappa shape index (κ1) is 19.9. The molecule has 152 valence electrons. The number of rotatable bonds is 7. The Labute approximate surface area is 179 Å². The Morgan fingerprint density at radius 3 is 2.47 bits per heavy atom. The van der Waals surface area contributed by atoms with Gasteiger partial charge < -0.3 is 15.4 Å². The molecule has 2 N–H and O–H groups in total. The molecule has 4 aromatic rings. The zero-order valence-corrected chi connectivity index (χ0v) is 17.7. The van der Waals surface area contributed by atoms with Gasteiger partial charge >= 0.3 is 0 Å². The summed E-state index contributed by atoms with van der Waals surface area (Å²) in [5.41, 5.74) is 4.00. The van der Waals surface area contributed by atoms with Crippen LogP contribution in [0.25, 0.3) is 20.8 Å². The smallest absolute Gasteiger partial charge is 0.242 e. The van der Waals surface area contributed by atoms with E-state index in [1.165, 1.54) is 4.70 Å². The molecule has 1 aromatic heterocycles. The van der Waals surface area contributed by atoms with Crippen LogP contribution in [-0.4, -0.2) is 24.0 Å². The monoisotopic (exact) mass is 417 g/mol. The third kappa shape index (κ3) is 4.60. The highest BCUT2D eigenvalue weighted by Crippen LogP contribution is 2.30. The van der Waals surface area contributed by atoms with E-state index in [9.17, 15) is 4.79 Å². The summed E-state index contributed by atoms with van der Waals surface area (Å²) < 4.78 is 6.33. The largest absolute Gasteiger partial charge is 0.497 e. The number of methoxy groups -OCH3 is 1. The molecular weight excluding hydrogens is 394 g/mol. The minimum Gasteiger partial charge on any atom is -0.497 e. The Bertz CT molecular complexity index is 1100. The van der Waals surface area contributed by atoms with Crippen LogP contribution in [0.15, 0.2) is 72.8 Å². The Balaban J connectivity index is 1.34. The van der Waals surface area contributed by atoms with Crippen molar-refractivity contribution in [3.63, 3.8) is 0 Å². The summed E-state index contributed by atoms with van der Waals surface area (Å²) in [6.45, 7) is 2.33. The van der Waals surface area contributed by atoms with Gasteiger partial charge in [0.05, 0.1) is 17.3 Å². The maximum Gasteiger partial charge on any atom is 0.242 e. The molecule has 5 nitrogen and oxygen atoms in total. The number of nitrogens with zero attached hydrogens (tertiary/aromatic N) is 1. The summed E-state index contributed by atoms with van der Waals surface area (Å²) >= 11 is 1.68. The van der Waals surface area contributed by atoms with Gasteiger partial charge in [0.2, 0.25) is 5.91 Å². The molecule has 0 aliphatic carbocycles. The van der Waals surface area contributed by atoms with Gasteiger partial charge in [-0.25, -0.2) is 4.98 Å². The predicted octanol–water partition coefficient (Wildman–Crippen LogP) is 5.09. The van der Waals surface area contributed by atoms with Crippen LogP contribution in [0.4, 0.5) is 5.69 Å². The Morgan fingerprint density at radius 1 is 1.03 bits per heavy atom. The summed E-state index contributed by atoms with van der Waals surface area (Å²) in [6, 6.07) is 23.5. The number of ether oxygens (including phenoxy) is 1. The van der Waals surface area contributed by atoms with Crippen molar-refractivity contribution in [2.45, 2.75) is 19.5 Å². The molecule has 1 amide bonds. The van der Waals surface area contributed by atoms with Crippen molar-refractivity contribution >= 4 is 33.1 Å². The molecule has 1 atom stereocenters. The Morgan fingerprint density at radius 2 is 1.77 bits per heavy atom. The normalized spacial score (nSPS) is 11.8. The summed E-state index contributed by atoms with van der Waals surface area (Å²) in [4.78, 5) is 17.1. The van der Waals surface area contributed by atoms with Crippen LogP contribution in [-0.2, 0) is 11.3 Å². The zero-order valence-electron chi connectivity index (χ0n) is 16.9. The number of benzene rings is 3. The fraction of sp³-hybridized carbons (Fsp3) is 0.167. The van der Waals surface area contributed by atoms with E-state index < -0.39 is 0 Å². The van der Waals surface area contributed by atoms with Crippen molar-refractivity contribution in [3.05, 3.63) is 78.4 Å². The van der Waals surface area contributed by atoms with E-state index in [0.29, 0.717) is 6.54 Å². The van der Waals surface area contributed by atoms with Crippen LogP contribution in [0.1, 0.15) is 12.5 Å². The Hall–Kier alpha value is -3.38. The molecule has 1 heterocycles. The lowest BCUT2D eigenvalue weighted by Crippen LogP contribution is -2.37. The van der Waals surface area contributed by atoms with Gasteiger partial charge in [0, 0.05) is 17.8 Å². The number of nitrogens with one attached hydrogen (secondary N) is 2. The van der Waals surface area contributed by atoms with Gasteiger partial charge in [0.25, 0.3) is 0 Å². The average Bonchev–Trinajstić information content (AvgIpc) is 3.22. The van der Waals surface area contributed by atoms with E-state index in [4.69, 9.17) is 9.72 Å². The lowest BCUT2D eigenvalue weighted by Gasteiger charge is -2.15. The lowest BCUT2D eigenvalue weighted by atomic mass is 10.2. The predicted molar refractivity (Wildman–Crippen MR) is 123 cm³/mol. The molecule has 6 heteroatoms. The lowest BCUT2D eigenvalue weighted by molar-refractivity contribution is -0.121. The van der Waals surface area contributed by atoms with Gasteiger partial charge in [0.1, 0.15) is 16.8 Å². The molecule has 0 bridgehead atoms. The maximum atomic E-state index is 12.4. The van der Waals surface area contributed by atoms with Crippen molar-refractivity contribution in [1.82, 2.24) is 10.3 Å². The first-order valence-electron chi connectivity index (χ1n) is 9.75. The van der Waals surface area contributed by atoms with Crippen LogP contribution in [0.3, 0.4) is 0 Å². The second-order valence-electron chi connectivity index (χ2n) is 7.00. The molecule has 0 saturated carbocycles. The number of thiazole rings is 1. The van der Waals surface area contributed by atoms with Gasteiger partial charge in [0.15, 0.2) is 0 Å². The number of carbonyl (C=O) groups excluding carboxylic acids is 1. The number of para-hydroxylation sites is 1. The molecule has 0 aliphatic rings. The van der Waals surface area contributed by atoms with E-state index in [2.05, 4.69) is 16.7 Å². The first-order valence-corrected chi connectivity index (χ1v) is 10.6. The van der Waals surface area contributed by atoms with Gasteiger partial charge in [-0.15, -0.1) is 11.3 Å². The summed E-state index contributed by atoms with van der Waals surface area (Å²) in [6.07, 6.45) is 0. The first-order chi connectivity index (χ1) is 14.6. The minimum absolute atomic E-state index is 0.0546. The molecule has 0 radical (unpaired) electrons. The second kappa shape index (κ2) is 8.97. The second-order valence-corrected chi connectivity index (χ2v) is 8.03. The van der Waals surface area contributed by atoms with Gasteiger partial charge in [-0.2, -0.15) is 0 Å². The molecule has 0 spiro atoms. The fourth-order valence-corrected chi connectivity index (χ4v) is 4.08. The third-order valence-corrected chi connectivity index (χ3v) is 5.91. The number of fused-ring (bicyclic) bond motifs is 1. The van der Waals surface area contributed by atoms with E-state index in [-0.39, 0.29) is 11.9 Å². The fourth-order valence-electron chi connectivity index (χ4n) is 3.11. The third-order valence-electron chi connectivity index (χ3n) is 4.83. The maximum absolute atomic E-state index is 12.4. The van der Waals surface area contributed by atoms with E-state index in [0.717, 1.165) is 33.1 Å². The van der Waals surface area contributed by atoms with Gasteiger partial charge in [-0.3, -0.25) is 4.79 Å².